The number of carbonyl (C=O) groups excluding carboxylic acids is 1. The molecule has 42 heavy (non-hydrogen) atoms. The predicted molar refractivity (Wildman–Crippen MR) is 148 cm³/mol. The number of rotatable bonds is 5. The van der Waals surface area contributed by atoms with Gasteiger partial charge in [-0.15, -0.1) is 4.36 Å². The van der Waals surface area contributed by atoms with Crippen molar-refractivity contribution in [2.45, 2.75) is 43.2 Å². The van der Waals surface area contributed by atoms with E-state index < -0.39 is 45.8 Å². The van der Waals surface area contributed by atoms with Gasteiger partial charge in [0.2, 0.25) is 5.92 Å². The Morgan fingerprint density at radius 1 is 1.10 bits per heavy atom. The minimum absolute atomic E-state index is 0.0236. The van der Waals surface area contributed by atoms with E-state index in [1.807, 2.05) is 0 Å². The van der Waals surface area contributed by atoms with Gasteiger partial charge in [0.25, 0.3) is 5.91 Å². The Kier molecular flexibility index (Phi) is 8.58. The molecule has 224 valence electrons. The zero-order valence-electron chi connectivity index (χ0n) is 22.5. The van der Waals surface area contributed by atoms with Crippen molar-refractivity contribution in [3.63, 3.8) is 0 Å². The molecular weight excluding hydrogens is 583 g/mol. The van der Waals surface area contributed by atoms with E-state index in [9.17, 15) is 35.8 Å². The molecule has 1 atom stereocenters. The minimum Gasteiger partial charge on any atom is -0.463 e. The quantitative estimate of drug-likeness (QED) is 0.299. The van der Waals surface area contributed by atoms with Crippen LogP contribution in [-0.4, -0.2) is 51.6 Å². The van der Waals surface area contributed by atoms with Crippen molar-refractivity contribution in [2.75, 3.05) is 29.6 Å². The van der Waals surface area contributed by atoms with Crippen LogP contribution in [0.2, 0.25) is 0 Å². The predicted octanol–water partition coefficient (Wildman–Crippen LogP) is 7.09. The van der Waals surface area contributed by atoms with Crippen molar-refractivity contribution in [3.05, 3.63) is 71.4 Å². The molecule has 3 aromatic rings. The van der Waals surface area contributed by atoms with Crippen molar-refractivity contribution >= 4 is 33.2 Å². The second-order valence-corrected chi connectivity index (χ2v) is 12.2. The third-order valence-corrected chi connectivity index (χ3v) is 8.50. The number of carbonyl (C=O) groups is 2. The summed E-state index contributed by atoms with van der Waals surface area (Å²) >= 11 is 0. The molecule has 2 amide bonds. The zero-order chi connectivity index (χ0) is 30.9. The lowest BCUT2D eigenvalue weighted by Gasteiger charge is -2.26. The molecule has 2 N–H and O–H groups in total. The third-order valence-electron chi connectivity index (χ3n) is 6.87. The molecular formula is C28H27F5N4O4S. The largest absolute Gasteiger partial charge is 0.463 e. The lowest BCUT2D eigenvalue weighted by atomic mass is 9.96. The van der Waals surface area contributed by atoms with Crippen molar-refractivity contribution in [1.82, 2.24) is 4.98 Å². The van der Waals surface area contributed by atoms with Gasteiger partial charge >= 0.3 is 12.3 Å². The number of alkyl halides is 5. The van der Waals surface area contributed by atoms with Gasteiger partial charge in [0, 0.05) is 54.5 Å². The van der Waals surface area contributed by atoms with Crippen LogP contribution in [0.3, 0.4) is 0 Å². The SMILES string of the molecule is Cc1c(-c2ccc(C(F)(F)F)cc2)cnc(N2CCCC(F)(F)CC2)c1C(=O)Nc1cccc(S(C)(=O)=NC(=O)O)c1. The van der Waals surface area contributed by atoms with Crippen LogP contribution in [0.25, 0.3) is 11.1 Å². The van der Waals surface area contributed by atoms with Crippen LogP contribution in [0, 0.1) is 6.92 Å². The van der Waals surface area contributed by atoms with E-state index in [-0.39, 0.29) is 47.9 Å². The number of amides is 2. The van der Waals surface area contributed by atoms with E-state index in [2.05, 4.69) is 14.7 Å². The number of pyridine rings is 1. The van der Waals surface area contributed by atoms with Crippen molar-refractivity contribution < 1.29 is 40.9 Å². The van der Waals surface area contributed by atoms with Gasteiger partial charge in [-0.2, -0.15) is 13.2 Å². The van der Waals surface area contributed by atoms with Crippen LogP contribution in [0.15, 0.2) is 64.0 Å². The Hall–Kier alpha value is -4.07. The molecule has 1 aliphatic rings. The van der Waals surface area contributed by atoms with Crippen molar-refractivity contribution in [1.29, 1.82) is 0 Å². The Morgan fingerprint density at radius 3 is 2.43 bits per heavy atom. The van der Waals surface area contributed by atoms with Crippen LogP contribution in [0.5, 0.6) is 0 Å². The second kappa shape index (κ2) is 11.7. The maximum Gasteiger partial charge on any atom is 0.439 e. The summed E-state index contributed by atoms with van der Waals surface area (Å²) in [6.45, 7) is 1.70. The fraction of sp³-hybridized carbons (Fsp3) is 0.321. The molecule has 0 aliphatic carbocycles. The monoisotopic (exact) mass is 610 g/mol. The number of anilines is 2. The van der Waals surface area contributed by atoms with Crippen molar-refractivity contribution in [2.24, 2.45) is 4.36 Å². The Morgan fingerprint density at radius 2 is 1.79 bits per heavy atom. The van der Waals surface area contributed by atoms with Gasteiger partial charge < -0.3 is 15.3 Å². The maximum atomic E-state index is 14.1. The minimum atomic E-state index is -4.54. The van der Waals surface area contributed by atoms with Gasteiger partial charge in [-0.1, -0.05) is 18.2 Å². The number of carboxylic acid groups (broad SMARTS) is 1. The van der Waals surface area contributed by atoms with Crippen LogP contribution in [-0.2, 0) is 15.9 Å². The summed E-state index contributed by atoms with van der Waals surface area (Å²) < 4.78 is 83.6. The Bertz CT molecular complexity index is 1630. The van der Waals surface area contributed by atoms with Gasteiger partial charge in [0.1, 0.15) is 5.82 Å². The van der Waals surface area contributed by atoms with Crippen LogP contribution in [0.4, 0.5) is 38.3 Å². The smallest absolute Gasteiger partial charge is 0.439 e. The van der Waals surface area contributed by atoms with Gasteiger partial charge in [-0.25, -0.2) is 22.8 Å². The first-order valence-electron chi connectivity index (χ1n) is 12.7. The van der Waals surface area contributed by atoms with Crippen molar-refractivity contribution in [3.8, 4) is 11.1 Å². The molecule has 0 radical (unpaired) electrons. The highest BCUT2D eigenvalue weighted by molar-refractivity contribution is 7.93. The van der Waals surface area contributed by atoms with Crippen LogP contribution < -0.4 is 10.2 Å². The molecule has 1 unspecified atom stereocenters. The molecule has 0 spiro atoms. The number of nitrogens with one attached hydrogen (secondary N) is 1. The average molecular weight is 611 g/mol. The third kappa shape index (κ3) is 7.04. The Balaban J connectivity index is 1.78. The van der Waals surface area contributed by atoms with Gasteiger partial charge in [0.05, 0.1) is 20.9 Å². The topological polar surface area (TPSA) is 112 Å². The number of benzene rings is 2. The molecule has 2 aromatic carbocycles. The summed E-state index contributed by atoms with van der Waals surface area (Å²) in [5, 5.41) is 11.6. The molecule has 1 aliphatic heterocycles. The number of nitrogens with zero attached hydrogens (tertiary/aromatic N) is 3. The molecule has 1 aromatic heterocycles. The summed E-state index contributed by atoms with van der Waals surface area (Å²) in [7, 11) is -3.34. The first-order chi connectivity index (χ1) is 19.6. The first kappa shape index (κ1) is 30.9. The average Bonchev–Trinajstić information content (AvgIpc) is 3.07. The van der Waals surface area contributed by atoms with Gasteiger partial charge in [-0.05, 0) is 54.8 Å². The van der Waals surface area contributed by atoms with Gasteiger partial charge in [0.15, 0.2) is 0 Å². The van der Waals surface area contributed by atoms with E-state index in [0.29, 0.717) is 16.7 Å². The number of halogens is 5. The molecule has 4 rings (SSSR count). The molecule has 14 heteroatoms. The fourth-order valence-electron chi connectivity index (χ4n) is 4.71. The standard InChI is InChI=1S/C28H27F5N4O4S/c1-17-22(18-7-9-19(10-8-18)28(31,32)33)16-34-24(37-13-4-11-27(29,30)12-14-37)23(17)25(38)35-20-5-3-6-21(15-20)42(2,41)36-26(39)40/h3,5-10,15-16H,4,11-14H2,1-2H3,(H,35,38)(H,39,40). The lowest BCUT2D eigenvalue weighted by Crippen LogP contribution is -2.30. The lowest BCUT2D eigenvalue weighted by molar-refractivity contribution is -0.137. The summed E-state index contributed by atoms with van der Waals surface area (Å²) in [5.41, 5.74) is 0.404. The molecule has 0 saturated carbocycles. The van der Waals surface area contributed by atoms with E-state index in [0.717, 1.165) is 18.4 Å². The summed E-state index contributed by atoms with van der Waals surface area (Å²) in [6.07, 6.45) is -4.25. The number of hydrogen-bond donors (Lipinski definition) is 2. The highest BCUT2D eigenvalue weighted by atomic mass is 32.2. The first-order valence-corrected chi connectivity index (χ1v) is 14.7. The molecule has 2 heterocycles. The fourth-order valence-corrected chi connectivity index (χ4v) is 5.79. The summed E-state index contributed by atoms with van der Waals surface area (Å²) in [4.78, 5) is 30.8. The molecule has 1 fully saturated rings. The highest BCUT2D eigenvalue weighted by Crippen LogP contribution is 2.36. The Labute approximate surface area is 238 Å². The second-order valence-electron chi connectivity index (χ2n) is 9.93. The van der Waals surface area contributed by atoms with E-state index in [1.165, 1.54) is 42.6 Å². The molecule has 8 nitrogen and oxygen atoms in total. The zero-order valence-corrected chi connectivity index (χ0v) is 23.4. The van der Waals surface area contributed by atoms with E-state index in [1.54, 1.807) is 11.8 Å². The van der Waals surface area contributed by atoms with Gasteiger partial charge in [-0.3, -0.25) is 4.79 Å². The normalized spacial score (nSPS) is 16.7. The van der Waals surface area contributed by atoms with E-state index >= 15 is 0 Å². The number of aromatic nitrogens is 1. The summed E-state index contributed by atoms with van der Waals surface area (Å²) in [5.74, 6) is -3.44. The molecule has 1 saturated heterocycles. The van der Waals surface area contributed by atoms with Crippen LogP contribution >= 0.6 is 0 Å². The van der Waals surface area contributed by atoms with Crippen LogP contribution in [0.1, 0.15) is 40.7 Å². The van der Waals surface area contributed by atoms with E-state index in [4.69, 9.17) is 5.11 Å². The number of hydrogen-bond acceptors (Lipinski definition) is 5. The molecule has 0 bridgehead atoms. The summed E-state index contributed by atoms with van der Waals surface area (Å²) in [6, 6.07) is 9.97. The highest BCUT2D eigenvalue weighted by Gasteiger charge is 2.34. The maximum absolute atomic E-state index is 14.1.